The Morgan fingerprint density at radius 2 is 1.88 bits per heavy atom. The van der Waals surface area contributed by atoms with Gasteiger partial charge < -0.3 is 10.1 Å². The first-order chi connectivity index (χ1) is 11.6. The Bertz CT molecular complexity index is 1100. The Kier molecular flexibility index (Phi) is 3.54. The number of hydrogen-bond donors (Lipinski definition) is 2. The SMILES string of the molecule is Cc1cc(N=Nc2c(O)[nH]c3ccccc23)c2cc(Br)ccc2n1. The molecule has 0 atom stereocenters. The third-order valence-corrected chi connectivity index (χ3v) is 4.29. The van der Waals surface area contributed by atoms with Gasteiger partial charge in [0.1, 0.15) is 0 Å². The third-order valence-electron chi connectivity index (χ3n) is 3.79. The summed E-state index contributed by atoms with van der Waals surface area (Å²) in [5.74, 6) is 0.0104. The van der Waals surface area contributed by atoms with Crippen LogP contribution in [0.25, 0.3) is 21.8 Å². The smallest absolute Gasteiger partial charge is 0.218 e. The Hall–Kier alpha value is -2.73. The molecular formula is C18H13BrN4O. The molecule has 0 aliphatic carbocycles. The van der Waals surface area contributed by atoms with E-state index in [1.54, 1.807) is 0 Å². The van der Waals surface area contributed by atoms with Crippen molar-refractivity contribution >= 4 is 49.1 Å². The van der Waals surface area contributed by atoms with Crippen LogP contribution < -0.4 is 0 Å². The molecule has 118 valence electrons. The highest BCUT2D eigenvalue weighted by molar-refractivity contribution is 9.10. The van der Waals surface area contributed by atoms with Crippen molar-refractivity contribution in [2.24, 2.45) is 10.2 Å². The van der Waals surface area contributed by atoms with Gasteiger partial charge in [-0.1, -0.05) is 34.1 Å². The summed E-state index contributed by atoms with van der Waals surface area (Å²) >= 11 is 3.47. The predicted octanol–water partition coefficient (Wildman–Crippen LogP) is 5.91. The highest BCUT2D eigenvalue weighted by Crippen LogP contribution is 2.37. The first-order valence-corrected chi connectivity index (χ1v) is 8.19. The zero-order valence-corrected chi connectivity index (χ0v) is 14.4. The number of benzene rings is 2. The number of aromatic hydroxyl groups is 1. The quantitative estimate of drug-likeness (QED) is 0.424. The summed E-state index contributed by atoms with van der Waals surface area (Å²) in [7, 11) is 0. The molecule has 4 rings (SSSR count). The molecule has 24 heavy (non-hydrogen) atoms. The van der Waals surface area contributed by atoms with E-state index in [9.17, 15) is 5.11 Å². The lowest BCUT2D eigenvalue weighted by Crippen LogP contribution is -1.84. The number of pyridine rings is 1. The molecule has 0 spiro atoms. The maximum absolute atomic E-state index is 10.1. The van der Waals surface area contributed by atoms with Gasteiger partial charge in [-0.05, 0) is 37.3 Å². The Balaban J connectivity index is 1.88. The number of aromatic amines is 1. The summed E-state index contributed by atoms with van der Waals surface area (Å²) in [5.41, 5.74) is 3.69. The zero-order chi connectivity index (χ0) is 16.7. The van der Waals surface area contributed by atoms with E-state index < -0.39 is 0 Å². The van der Waals surface area contributed by atoms with E-state index in [0.717, 1.165) is 32.0 Å². The summed E-state index contributed by atoms with van der Waals surface area (Å²) in [6.07, 6.45) is 0. The fraction of sp³-hybridized carbons (Fsp3) is 0.0556. The lowest BCUT2D eigenvalue weighted by Gasteiger charge is -2.03. The molecule has 2 aromatic heterocycles. The Morgan fingerprint density at radius 3 is 2.75 bits per heavy atom. The Morgan fingerprint density at radius 1 is 1.04 bits per heavy atom. The van der Waals surface area contributed by atoms with E-state index in [1.807, 2.05) is 55.5 Å². The number of halogens is 1. The van der Waals surface area contributed by atoms with Crippen LogP contribution in [0, 0.1) is 6.92 Å². The van der Waals surface area contributed by atoms with E-state index in [2.05, 4.69) is 36.1 Å². The molecule has 0 radical (unpaired) electrons. The molecule has 0 aliphatic heterocycles. The zero-order valence-electron chi connectivity index (χ0n) is 12.8. The molecule has 4 aromatic rings. The predicted molar refractivity (Wildman–Crippen MR) is 98.3 cm³/mol. The largest absolute Gasteiger partial charge is 0.493 e. The molecule has 0 amide bonds. The van der Waals surface area contributed by atoms with Gasteiger partial charge in [-0.3, -0.25) is 4.98 Å². The average molecular weight is 381 g/mol. The number of fused-ring (bicyclic) bond motifs is 2. The molecule has 6 heteroatoms. The number of aromatic nitrogens is 2. The molecule has 5 nitrogen and oxygen atoms in total. The summed E-state index contributed by atoms with van der Waals surface area (Å²) < 4.78 is 0.951. The van der Waals surface area contributed by atoms with Crippen molar-refractivity contribution in [2.45, 2.75) is 6.92 Å². The summed E-state index contributed by atoms with van der Waals surface area (Å²) in [6, 6.07) is 15.3. The summed E-state index contributed by atoms with van der Waals surface area (Å²) in [4.78, 5) is 7.41. The molecular weight excluding hydrogens is 368 g/mol. The molecule has 0 saturated carbocycles. The number of nitrogens with zero attached hydrogens (tertiary/aromatic N) is 3. The van der Waals surface area contributed by atoms with Gasteiger partial charge >= 0.3 is 0 Å². The van der Waals surface area contributed by atoms with Crippen LogP contribution in [-0.2, 0) is 0 Å². The maximum Gasteiger partial charge on any atom is 0.218 e. The summed E-state index contributed by atoms with van der Waals surface area (Å²) in [5, 5.41) is 20.5. The molecule has 0 aliphatic rings. The van der Waals surface area contributed by atoms with Gasteiger partial charge in [0, 0.05) is 20.9 Å². The Labute approximate surface area is 146 Å². The molecule has 0 fully saturated rings. The van der Waals surface area contributed by atoms with Crippen molar-refractivity contribution in [1.82, 2.24) is 9.97 Å². The standard InChI is InChI=1S/C18H13BrN4O/c1-10-8-16(13-9-11(19)6-7-15(13)20-10)22-23-17-12-4-2-3-5-14(12)21-18(17)24/h2-9,21,24H,1H3. The number of azo groups is 1. The highest BCUT2D eigenvalue weighted by Gasteiger charge is 2.10. The first-order valence-electron chi connectivity index (χ1n) is 7.40. The van der Waals surface area contributed by atoms with Crippen LogP contribution >= 0.6 is 15.9 Å². The fourth-order valence-electron chi connectivity index (χ4n) is 2.71. The molecule has 2 heterocycles. The number of nitrogens with one attached hydrogen (secondary N) is 1. The van der Waals surface area contributed by atoms with Crippen LogP contribution in [0.3, 0.4) is 0 Å². The minimum Gasteiger partial charge on any atom is -0.493 e. The number of H-pyrrole nitrogens is 1. The second-order valence-corrected chi connectivity index (χ2v) is 6.43. The van der Waals surface area contributed by atoms with Gasteiger partial charge in [-0.2, -0.15) is 0 Å². The van der Waals surface area contributed by atoms with E-state index in [-0.39, 0.29) is 5.88 Å². The van der Waals surface area contributed by atoms with Gasteiger partial charge in [-0.15, -0.1) is 10.2 Å². The van der Waals surface area contributed by atoms with Crippen molar-refractivity contribution in [1.29, 1.82) is 0 Å². The minimum absolute atomic E-state index is 0.0104. The van der Waals surface area contributed by atoms with Crippen molar-refractivity contribution in [3.63, 3.8) is 0 Å². The maximum atomic E-state index is 10.1. The van der Waals surface area contributed by atoms with E-state index >= 15 is 0 Å². The van der Waals surface area contributed by atoms with E-state index in [4.69, 9.17) is 0 Å². The topological polar surface area (TPSA) is 73.6 Å². The fourth-order valence-corrected chi connectivity index (χ4v) is 3.07. The molecule has 0 bridgehead atoms. The second-order valence-electron chi connectivity index (χ2n) is 5.51. The van der Waals surface area contributed by atoms with Crippen molar-refractivity contribution in [3.05, 3.63) is 58.7 Å². The van der Waals surface area contributed by atoms with Crippen molar-refractivity contribution in [2.75, 3.05) is 0 Å². The molecule has 2 N–H and O–H groups in total. The normalized spacial score (nSPS) is 11.8. The van der Waals surface area contributed by atoms with Gasteiger partial charge in [-0.25, -0.2) is 0 Å². The number of aryl methyl sites for hydroxylation is 1. The van der Waals surface area contributed by atoms with Crippen molar-refractivity contribution in [3.8, 4) is 5.88 Å². The van der Waals surface area contributed by atoms with Crippen LogP contribution in [0.2, 0.25) is 0 Å². The first kappa shape index (κ1) is 14.8. The lowest BCUT2D eigenvalue weighted by molar-refractivity contribution is 0.459. The van der Waals surface area contributed by atoms with Gasteiger partial charge in [0.25, 0.3) is 0 Å². The lowest BCUT2D eigenvalue weighted by atomic mass is 10.1. The number of para-hydroxylation sites is 1. The van der Waals surface area contributed by atoms with Crippen LogP contribution in [0.1, 0.15) is 5.69 Å². The second kappa shape index (κ2) is 5.72. The van der Waals surface area contributed by atoms with E-state index in [1.165, 1.54) is 0 Å². The summed E-state index contributed by atoms with van der Waals surface area (Å²) in [6.45, 7) is 1.92. The minimum atomic E-state index is 0.0104. The highest BCUT2D eigenvalue weighted by atomic mass is 79.9. The van der Waals surface area contributed by atoms with Crippen LogP contribution in [0.15, 0.2) is 63.2 Å². The molecule has 0 saturated heterocycles. The number of hydrogen-bond acceptors (Lipinski definition) is 4. The molecule has 2 aromatic carbocycles. The van der Waals surface area contributed by atoms with Gasteiger partial charge in [0.15, 0.2) is 5.69 Å². The average Bonchev–Trinajstić information content (AvgIpc) is 2.88. The van der Waals surface area contributed by atoms with Gasteiger partial charge in [0.2, 0.25) is 5.88 Å². The van der Waals surface area contributed by atoms with E-state index in [0.29, 0.717) is 11.4 Å². The monoisotopic (exact) mass is 380 g/mol. The van der Waals surface area contributed by atoms with Crippen LogP contribution in [0.5, 0.6) is 5.88 Å². The van der Waals surface area contributed by atoms with Crippen LogP contribution in [0.4, 0.5) is 11.4 Å². The number of rotatable bonds is 2. The molecule has 0 unspecified atom stereocenters. The van der Waals surface area contributed by atoms with Crippen molar-refractivity contribution < 1.29 is 5.11 Å². The van der Waals surface area contributed by atoms with Crippen LogP contribution in [-0.4, -0.2) is 15.1 Å². The third kappa shape index (κ3) is 2.55. The van der Waals surface area contributed by atoms with Gasteiger partial charge in [0.05, 0.1) is 16.7 Å².